The molecule has 1 unspecified atom stereocenters. The van der Waals surface area contributed by atoms with Crippen molar-refractivity contribution in [2.24, 2.45) is 7.05 Å². The molecule has 0 fully saturated rings. The van der Waals surface area contributed by atoms with E-state index in [1.54, 1.807) is 4.68 Å². The highest BCUT2D eigenvalue weighted by Crippen LogP contribution is 2.35. The van der Waals surface area contributed by atoms with Crippen LogP contribution in [0.5, 0.6) is 0 Å². The number of benzene rings is 1. The Hall–Kier alpha value is -2.30. The van der Waals surface area contributed by atoms with E-state index in [0.717, 1.165) is 23.5 Å². The standard InChI is InChI=1S/C15H17N3O2/c1-17-8-6-11(16-17)10-18-9-7-13(15(19)20)12-4-2-3-5-14(12)18/h2-6,8,13H,7,9-10H2,1H3,(H,19,20). The highest BCUT2D eigenvalue weighted by atomic mass is 16.4. The lowest BCUT2D eigenvalue weighted by Crippen LogP contribution is -2.33. The maximum atomic E-state index is 11.4. The third-order valence-corrected chi connectivity index (χ3v) is 3.76. The smallest absolute Gasteiger partial charge is 0.311 e. The van der Waals surface area contributed by atoms with Gasteiger partial charge < -0.3 is 10.0 Å². The molecule has 20 heavy (non-hydrogen) atoms. The summed E-state index contributed by atoms with van der Waals surface area (Å²) in [5.74, 6) is -1.14. The van der Waals surface area contributed by atoms with Gasteiger partial charge in [0, 0.05) is 25.5 Å². The van der Waals surface area contributed by atoms with Gasteiger partial charge >= 0.3 is 5.97 Å². The van der Waals surface area contributed by atoms with Gasteiger partial charge in [-0.05, 0) is 24.1 Å². The quantitative estimate of drug-likeness (QED) is 0.927. The van der Waals surface area contributed by atoms with Crippen molar-refractivity contribution in [2.45, 2.75) is 18.9 Å². The third-order valence-electron chi connectivity index (χ3n) is 3.76. The molecule has 5 heteroatoms. The summed E-state index contributed by atoms with van der Waals surface area (Å²) in [5, 5.41) is 13.7. The van der Waals surface area contributed by atoms with Gasteiger partial charge in [-0.3, -0.25) is 9.48 Å². The van der Waals surface area contributed by atoms with Gasteiger partial charge in [0.05, 0.1) is 18.2 Å². The first kappa shape index (κ1) is 12.7. The monoisotopic (exact) mass is 271 g/mol. The van der Waals surface area contributed by atoms with Crippen molar-refractivity contribution >= 4 is 11.7 Å². The summed E-state index contributed by atoms with van der Waals surface area (Å²) < 4.78 is 1.78. The molecule has 3 rings (SSSR count). The van der Waals surface area contributed by atoms with E-state index in [9.17, 15) is 9.90 Å². The van der Waals surface area contributed by atoms with Crippen LogP contribution in [0.1, 0.15) is 23.6 Å². The van der Waals surface area contributed by atoms with E-state index in [1.807, 2.05) is 43.6 Å². The summed E-state index contributed by atoms with van der Waals surface area (Å²) >= 11 is 0. The van der Waals surface area contributed by atoms with E-state index in [2.05, 4.69) is 10.00 Å². The molecule has 2 heterocycles. The second-order valence-corrected chi connectivity index (χ2v) is 5.14. The molecule has 1 aliphatic heterocycles. The van der Waals surface area contributed by atoms with Crippen LogP contribution in [0.25, 0.3) is 0 Å². The van der Waals surface area contributed by atoms with Gasteiger partial charge in [-0.15, -0.1) is 0 Å². The van der Waals surface area contributed by atoms with Gasteiger partial charge in [0.2, 0.25) is 0 Å². The lowest BCUT2D eigenvalue weighted by Gasteiger charge is -2.33. The van der Waals surface area contributed by atoms with Crippen LogP contribution >= 0.6 is 0 Å². The minimum Gasteiger partial charge on any atom is -0.481 e. The number of aliphatic carboxylic acids is 1. The van der Waals surface area contributed by atoms with Gasteiger partial charge in [-0.2, -0.15) is 5.10 Å². The van der Waals surface area contributed by atoms with Crippen molar-refractivity contribution in [3.63, 3.8) is 0 Å². The number of anilines is 1. The molecular weight excluding hydrogens is 254 g/mol. The predicted molar refractivity (Wildman–Crippen MR) is 75.7 cm³/mol. The number of rotatable bonds is 3. The Morgan fingerprint density at radius 1 is 1.40 bits per heavy atom. The summed E-state index contributed by atoms with van der Waals surface area (Å²) in [6, 6.07) is 9.76. The molecule has 1 aliphatic rings. The van der Waals surface area contributed by atoms with Crippen LogP contribution in [0, 0.1) is 0 Å². The number of carboxylic acids is 1. The van der Waals surface area contributed by atoms with Gasteiger partial charge in [0.15, 0.2) is 0 Å². The van der Waals surface area contributed by atoms with E-state index in [4.69, 9.17) is 0 Å². The summed E-state index contributed by atoms with van der Waals surface area (Å²) in [7, 11) is 1.90. The summed E-state index contributed by atoms with van der Waals surface area (Å²) in [6.07, 6.45) is 2.56. The normalized spacial score (nSPS) is 17.9. The van der Waals surface area contributed by atoms with Gasteiger partial charge in [0.1, 0.15) is 0 Å². The van der Waals surface area contributed by atoms with Gasteiger partial charge in [-0.1, -0.05) is 18.2 Å². The number of carbonyl (C=O) groups is 1. The molecule has 0 spiro atoms. The molecule has 0 saturated heterocycles. The molecule has 5 nitrogen and oxygen atoms in total. The number of hydrogen-bond acceptors (Lipinski definition) is 3. The Morgan fingerprint density at radius 3 is 2.90 bits per heavy atom. The number of carboxylic acid groups (broad SMARTS) is 1. The zero-order chi connectivity index (χ0) is 14.1. The minimum absolute atomic E-state index is 0.397. The lowest BCUT2D eigenvalue weighted by molar-refractivity contribution is -0.139. The summed E-state index contributed by atoms with van der Waals surface area (Å²) in [6.45, 7) is 1.45. The zero-order valence-electron chi connectivity index (χ0n) is 11.4. The maximum absolute atomic E-state index is 11.4. The fraction of sp³-hybridized carbons (Fsp3) is 0.333. The topological polar surface area (TPSA) is 58.4 Å². The molecule has 1 aromatic carbocycles. The number of hydrogen-bond donors (Lipinski definition) is 1. The second kappa shape index (κ2) is 5.00. The van der Waals surface area contributed by atoms with Crippen molar-refractivity contribution in [3.8, 4) is 0 Å². The average Bonchev–Trinajstić information content (AvgIpc) is 2.84. The highest BCUT2D eigenvalue weighted by Gasteiger charge is 2.29. The van der Waals surface area contributed by atoms with Crippen LogP contribution in [0.15, 0.2) is 36.5 Å². The molecule has 1 aromatic heterocycles. The lowest BCUT2D eigenvalue weighted by atomic mass is 9.90. The zero-order valence-corrected chi connectivity index (χ0v) is 11.4. The minimum atomic E-state index is -0.741. The Morgan fingerprint density at radius 2 is 2.20 bits per heavy atom. The average molecular weight is 271 g/mol. The first-order chi connectivity index (χ1) is 9.65. The van der Waals surface area contributed by atoms with Crippen molar-refractivity contribution in [1.29, 1.82) is 0 Å². The van der Waals surface area contributed by atoms with Crippen LogP contribution in [0.4, 0.5) is 5.69 Å². The molecule has 104 valence electrons. The predicted octanol–water partition coefficient (Wildman–Crippen LogP) is 2.00. The second-order valence-electron chi connectivity index (χ2n) is 5.14. The number of aromatic nitrogens is 2. The Labute approximate surface area is 117 Å². The van der Waals surface area contributed by atoms with Crippen molar-refractivity contribution < 1.29 is 9.90 Å². The molecule has 1 atom stereocenters. The van der Waals surface area contributed by atoms with Crippen molar-refractivity contribution in [1.82, 2.24) is 9.78 Å². The van der Waals surface area contributed by atoms with E-state index in [-0.39, 0.29) is 0 Å². The number of fused-ring (bicyclic) bond motifs is 1. The molecule has 0 radical (unpaired) electrons. The molecule has 0 aliphatic carbocycles. The van der Waals surface area contributed by atoms with E-state index in [1.165, 1.54) is 0 Å². The fourth-order valence-corrected chi connectivity index (χ4v) is 2.79. The van der Waals surface area contributed by atoms with Crippen LogP contribution in [0.3, 0.4) is 0 Å². The third kappa shape index (κ3) is 2.27. The Balaban J connectivity index is 1.90. The first-order valence-corrected chi connectivity index (χ1v) is 6.70. The Kier molecular flexibility index (Phi) is 3.18. The SMILES string of the molecule is Cn1ccc(CN2CCC(C(=O)O)c3ccccc32)n1. The maximum Gasteiger partial charge on any atom is 0.311 e. The molecule has 0 saturated carbocycles. The van der Waals surface area contributed by atoms with E-state index in [0.29, 0.717) is 13.0 Å². The van der Waals surface area contributed by atoms with Crippen molar-refractivity contribution in [3.05, 3.63) is 47.8 Å². The largest absolute Gasteiger partial charge is 0.481 e. The van der Waals surface area contributed by atoms with Gasteiger partial charge in [0.25, 0.3) is 0 Å². The highest BCUT2D eigenvalue weighted by molar-refractivity contribution is 5.80. The summed E-state index contributed by atoms with van der Waals surface area (Å²) in [4.78, 5) is 13.6. The molecule has 2 aromatic rings. The van der Waals surface area contributed by atoms with Crippen LogP contribution < -0.4 is 4.90 Å². The summed E-state index contributed by atoms with van der Waals surface area (Å²) in [5.41, 5.74) is 2.91. The van der Waals surface area contributed by atoms with Crippen molar-refractivity contribution in [2.75, 3.05) is 11.4 Å². The van der Waals surface area contributed by atoms with E-state index < -0.39 is 11.9 Å². The Bertz CT molecular complexity index is 636. The number of nitrogens with zero attached hydrogens (tertiary/aromatic N) is 3. The molecule has 0 amide bonds. The number of para-hydroxylation sites is 1. The molecule has 1 N–H and O–H groups in total. The molecule has 0 bridgehead atoms. The van der Waals surface area contributed by atoms with E-state index >= 15 is 0 Å². The van der Waals surface area contributed by atoms with Crippen LogP contribution in [-0.2, 0) is 18.4 Å². The van der Waals surface area contributed by atoms with Gasteiger partial charge in [-0.25, -0.2) is 0 Å². The molecular formula is C15H17N3O2. The fourth-order valence-electron chi connectivity index (χ4n) is 2.79. The van der Waals surface area contributed by atoms with Crippen LogP contribution in [-0.4, -0.2) is 27.4 Å². The van der Waals surface area contributed by atoms with Crippen LogP contribution in [0.2, 0.25) is 0 Å². The number of aryl methyl sites for hydroxylation is 1. The first-order valence-electron chi connectivity index (χ1n) is 6.70.